The van der Waals surface area contributed by atoms with Crippen molar-refractivity contribution < 1.29 is 23.8 Å². The van der Waals surface area contributed by atoms with Gasteiger partial charge in [-0.05, 0) is 13.0 Å². The summed E-state index contributed by atoms with van der Waals surface area (Å²) < 4.78 is 15.2. The van der Waals surface area contributed by atoms with Crippen molar-refractivity contribution in [2.24, 2.45) is 5.10 Å². The van der Waals surface area contributed by atoms with E-state index in [-0.39, 0.29) is 5.75 Å². The molecule has 0 aliphatic rings. The molecule has 2 rings (SSSR count). The van der Waals surface area contributed by atoms with E-state index in [1.807, 2.05) is 0 Å². The third-order valence-corrected chi connectivity index (χ3v) is 3.01. The van der Waals surface area contributed by atoms with E-state index in [4.69, 9.17) is 13.9 Å². The molecule has 116 valence electrons. The normalized spacial score (nSPS) is 10.7. The Hall–Kier alpha value is -2.96. The summed E-state index contributed by atoms with van der Waals surface area (Å²) >= 11 is 0. The molecule has 0 unspecified atom stereocenters. The van der Waals surface area contributed by atoms with Crippen molar-refractivity contribution in [1.82, 2.24) is 5.43 Å². The second-order valence-corrected chi connectivity index (χ2v) is 4.35. The SMILES string of the molecule is COc1cc(O)c(/C=N\NC(=O)c2ccoc2C)c(OC)c1. The Morgan fingerprint density at radius 1 is 1.36 bits per heavy atom. The number of furan rings is 1. The Balaban J connectivity index is 2.17. The Kier molecular flexibility index (Phi) is 4.67. The highest BCUT2D eigenvalue weighted by Crippen LogP contribution is 2.31. The van der Waals surface area contributed by atoms with Gasteiger partial charge in [-0.15, -0.1) is 0 Å². The van der Waals surface area contributed by atoms with Gasteiger partial charge < -0.3 is 19.0 Å². The van der Waals surface area contributed by atoms with E-state index in [0.29, 0.717) is 28.4 Å². The lowest BCUT2D eigenvalue weighted by atomic mass is 10.2. The predicted molar refractivity (Wildman–Crippen MR) is 79.7 cm³/mol. The molecule has 1 amide bonds. The minimum atomic E-state index is -0.408. The molecule has 0 fully saturated rings. The number of rotatable bonds is 5. The van der Waals surface area contributed by atoms with Gasteiger partial charge in [0.25, 0.3) is 5.91 Å². The van der Waals surface area contributed by atoms with Crippen LogP contribution in [0.15, 0.2) is 34.0 Å². The number of aryl methyl sites for hydroxylation is 1. The molecule has 0 spiro atoms. The molecule has 7 nitrogen and oxygen atoms in total. The molecule has 0 atom stereocenters. The monoisotopic (exact) mass is 304 g/mol. The van der Waals surface area contributed by atoms with E-state index in [1.54, 1.807) is 19.1 Å². The van der Waals surface area contributed by atoms with Crippen LogP contribution in [-0.4, -0.2) is 31.4 Å². The quantitative estimate of drug-likeness (QED) is 0.651. The first kappa shape index (κ1) is 15.4. The average Bonchev–Trinajstić information content (AvgIpc) is 2.94. The lowest BCUT2D eigenvalue weighted by molar-refractivity contribution is 0.0953. The smallest absolute Gasteiger partial charge is 0.274 e. The van der Waals surface area contributed by atoms with Crippen LogP contribution < -0.4 is 14.9 Å². The van der Waals surface area contributed by atoms with E-state index in [2.05, 4.69) is 10.5 Å². The third kappa shape index (κ3) is 3.20. The summed E-state index contributed by atoms with van der Waals surface area (Å²) in [4.78, 5) is 11.9. The van der Waals surface area contributed by atoms with Gasteiger partial charge >= 0.3 is 0 Å². The van der Waals surface area contributed by atoms with Crippen molar-refractivity contribution in [3.63, 3.8) is 0 Å². The molecule has 1 aromatic carbocycles. The zero-order valence-electron chi connectivity index (χ0n) is 12.4. The highest BCUT2D eigenvalue weighted by molar-refractivity contribution is 5.96. The Morgan fingerprint density at radius 2 is 2.14 bits per heavy atom. The number of nitrogens with zero attached hydrogens (tertiary/aromatic N) is 1. The van der Waals surface area contributed by atoms with Crippen LogP contribution in [0.4, 0.5) is 0 Å². The van der Waals surface area contributed by atoms with Crippen LogP contribution in [0.2, 0.25) is 0 Å². The van der Waals surface area contributed by atoms with Crippen molar-refractivity contribution in [3.8, 4) is 17.2 Å². The fraction of sp³-hybridized carbons (Fsp3) is 0.200. The van der Waals surface area contributed by atoms with Gasteiger partial charge in [0.15, 0.2) is 0 Å². The largest absolute Gasteiger partial charge is 0.507 e. The maximum absolute atomic E-state index is 11.9. The number of methoxy groups -OCH3 is 2. The van der Waals surface area contributed by atoms with Gasteiger partial charge in [-0.25, -0.2) is 5.43 Å². The van der Waals surface area contributed by atoms with Crippen LogP contribution in [0.1, 0.15) is 21.7 Å². The number of carbonyl (C=O) groups excluding carboxylic acids is 1. The Morgan fingerprint density at radius 3 is 2.73 bits per heavy atom. The molecule has 22 heavy (non-hydrogen) atoms. The van der Waals surface area contributed by atoms with Gasteiger partial charge in [-0.3, -0.25) is 4.79 Å². The zero-order chi connectivity index (χ0) is 16.1. The average molecular weight is 304 g/mol. The van der Waals surface area contributed by atoms with Crippen molar-refractivity contribution >= 4 is 12.1 Å². The van der Waals surface area contributed by atoms with Gasteiger partial charge in [-0.2, -0.15) is 5.10 Å². The van der Waals surface area contributed by atoms with Crippen LogP contribution in [-0.2, 0) is 0 Å². The summed E-state index contributed by atoms with van der Waals surface area (Å²) in [6.45, 7) is 1.68. The summed E-state index contributed by atoms with van der Waals surface area (Å²) in [5, 5.41) is 13.8. The summed E-state index contributed by atoms with van der Waals surface area (Å²) in [7, 11) is 2.94. The fourth-order valence-electron chi connectivity index (χ4n) is 1.84. The van der Waals surface area contributed by atoms with Gasteiger partial charge in [0.1, 0.15) is 23.0 Å². The molecule has 2 N–H and O–H groups in total. The molecule has 2 aromatic rings. The molecule has 0 saturated carbocycles. The minimum Gasteiger partial charge on any atom is -0.507 e. The first-order chi connectivity index (χ1) is 10.6. The van der Waals surface area contributed by atoms with Crippen LogP contribution in [0.3, 0.4) is 0 Å². The molecular formula is C15H16N2O5. The minimum absolute atomic E-state index is 0.0753. The van der Waals surface area contributed by atoms with E-state index < -0.39 is 5.91 Å². The molecule has 0 saturated heterocycles. The number of nitrogens with one attached hydrogen (secondary N) is 1. The van der Waals surface area contributed by atoms with E-state index >= 15 is 0 Å². The number of ether oxygens (including phenoxy) is 2. The Bertz CT molecular complexity index is 706. The maximum Gasteiger partial charge on any atom is 0.274 e. The number of benzene rings is 1. The molecule has 0 radical (unpaired) electrons. The summed E-state index contributed by atoms with van der Waals surface area (Å²) in [6, 6.07) is 4.57. The fourth-order valence-corrected chi connectivity index (χ4v) is 1.84. The second kappa shape index (κ2) is 6.66. The number of phenolic OH excluding ortho intramolecular Hbond substituents is 1. The molecule has 0 aliphatic carbocycles. The summed E-state index contributed by atoms with van der Waals surface area (Å²) in [6.07, 6.45) is 2.72. The highest BCUT2D eigenvalue weighted by atomic mass is 16.5. The van der Waals surface area contributed by atoms with Crippen molar-refractivity contribution in [2.75, 3.05) is 14.2 Å². The van der Waals surface area contributed by atoms with Crippen LogP contribution in [0.5, 0.6) is 17.2 Å². The third-order valence-electron chi connectivity index (χ3n) is 3.01. The number of hydrazone groups is 1. The highest BCUT2D eigenvalue weighted by Gasteiger charge is 2.12. The number of aromatic hydroxyl groups is 1. The van der Waals surface area contributed by atoms with E-state index in [0.717, 1.165) is 0 Å². The first-order valence-corrected chi connectivity index (χ1v) is 6.39. The first-order valence-electron chi connectivity index (χ1n) is 6.39. The van der Waals surface area contributed by atoms with Gasteiger partial charge in [0.2, 0.25) is 0 Å². The molecule has 1 heterocycles. The number of hydrogen-bond acceptors (Lipinski definition) is 6. The van der Waals surface area contributed by atoms with Gasteiger partial charge in [0.05, 0.1) is 37.8 Å². The summed E-state index contributed by atoms with van der Waals surface area (Å²) in [5.74, 6) is 0.833. The van der Waals surface area contributed by atoms with Crippen LogP contribution in [0.25, 0.3) is 0 Å². The number of phenols is 1. The molecule has 7 heteroatoms. The maximum atomic E-state index is 11.9. The molecule has 0 aliphatic heterocycles. The molecule has 1 aromatic heterocycles. The second-order valence-electron chi connectivity index (χ2n) is 4.35. The Labute approximate surface area is 127 Å². The lowest BCUT2D eigenvalue weighted by Crippen LogP contribution is -2.17. The topological polar surface area (TPSA) is 93.3 Å². The lowest BCUT2D eigenvalue weighted by Gasteiger charge is -2.09. The van der Waals surface area contributed by atoms with E-state index in [1.165, 1.54) is 32.8 Å². The van der Waals surface area contributed by atoms with Crippen LogP contribution in [0, 0.1) is 6.92 Å². The van der Waals surface area contributed by atoms with Crippen molar-refractivity contribution in [1.29, 1.82) is 0 Å². The zero-order valence-corrected chi connectivity index (χ0v) is 12.4. The van der Waals surface area contributed by atoms with Crippen LogP contribution >= 0.6 is 0 Å². The van der Waals surface area contributed by atoms with Gasteiger partial charge in [0, 0.05) is 12.1 Å². The molecule has 0 bridgehead atoms. The van der Waals surface area contributed by atoms with Crippen molar-refractivity contribution in [3.05, 3.63) is 41.3 Å². The predicted octanol–water partition coefficient (Wildman–Crippen LogP) is 2.07. The van der Waals surface area contributed by atoms with E-state index in [9.17, 15) is 9.90 Å². The van der Waals surface area contributed by atoms with Crippen molar-refractivity contribution in [2.45, 2.75) is 6.92 Å². The van der Waals surface area contributed by atoms with Gasteiger partial charge in [-0.1, -0.05) is 0 Å². The number of carbonyl (C=O) groups is 1. The molecular weight excluding hydrogens is 288 g/mol. The summed E-state index contributed by atoms with van der Waals surface area (Å²) in [5.41, 5.74) is 3.07. The standard InChI is InChI=1S/C15H16N2O5/c1-9-11(4-5-22-9)15(19)17-16-8-12-13(18)6-10(20-2)7-14(12)21-3/h4-8,18H,1-3H3,(H,17,19)/b16-8-. The number of hydrogen-bond donors (Lipinski definition) is 2. The number of amides is 1.